The van der Waals surface area contributed by atoms with Gasteiger partial charge < -0.3 is 20.1 Å². The second-order valence-electron chi connectivity index (χ2n) is 7.99. The number of hydrogen-bond acceptors (Lipinski definition) is 4. The number of morpholine rings is 1. The highest BCUT2D eigenvalue weighted by atomic mass is 127. The van der Waals surface area contributed by atoms with Crippen LogP contribution in [0.25, 0.3) is 0 Å². The number of hydrogen-bond donors (Lipinski definition) is 2. The molecule has 1 heterocycles. The van der Waals surface area contributed by atoms with E-state index in [4.69, 9.17) is 9.47 Å². The normalized spacial score (nSPS) is 24.3. The largest absolute Gasteiger partial charge is 0.497 e. The van der Waals surface area contributed by atoms with Gasteiger partial charge in [-0.15, -0.1) is 24.0 Å². The lowest BCUT2D eigenvalue weighted by Crippen LogP contribution is -2.48. The topological polar surface area (TPSA) is 58.1 Å². The van der Waals surface area contributed by atoms with E-state index >= 15 is 0 Å². The van der Waals surface area contributed by atoms with Gasteiger partial charge in [-0.2, -0.15) is 0 Å². The minimum atomic E-state index is 0. The Balaban J connectivity index is 0.00000300. The highest BCUT2D eigenvalue weighted by Crippen LogP contribution is 2.25. The van der Waals surface area contributed by atoms with E-state index in [0.29, 0.717) is 6.04 Å². The summed E-state index contributed by atoms with van der Waals surface area (Å²) in [4.78, 5) is 6.96. The van der Waals surface area contributed by atoms with Crippen LogP contribution in [0.5, 0.6) is 5.75 Å². The molecular weight excluding hydrogens is 479 g/mol. The molecule has 0 spiro atoms. The van der Waals surface area contributed by atoms with Crippen LogP contribution in [0.15, 0.2) is 29.3 Å². The van der Waals surface area contributed by atoms with Gasteiger partial charge in [-0.3, -0.25) is 9.89 Å². The molecule has 1 aliphatic heterocycles. The summed E-state index contributed by atoms with van der Waals surface area (Å²) < 4.78 is 10.9. The average molecular weight is 516 g/mol. The molecule has 1 aliphatic carbocycles. The van der Waals surface area contributed by atoms with Crippen LogP contribution >= 0.6 is 24.0 Å². The molecule has 1 atom stereocenters. The quantitative estimate of drug-likeness (QED) is 0.345. The molecule has 1 saturated carbocycles. The van der Waals surface area contributed by atoms with Crippen LogP contribution in [-0.2, 0) is 4.74 Å². The molecule has 1 unspecified atom stereocenters. The monoisotopic (exact) mass is 516 g/mol. The summed E-state index contributed by atoms with van der Waals surface area (Å²) in [7, 11) is 3.57. The zero-order valence-corrected chi connectivity index (χ0v) is 20.4. The van der Waals surface area contributed by atoms with E-state index in [0.717, 1.165) is 50.5 Å². The first kappa shape index (κ1) is 24.2. The van der Waals surface area contributed by atoms with E-state index in [1.165, 1.54) is 31.2 Å². The fourth-order valence-electron chi connectivity index (χ4n) is 4.16. The zero-order chi connectivity index (χ0) is 19.8. The molecule has 1 aromatic carbocycles. The molecule has 2 fully saturated rings. The number of ether oxygens (including phenoxy) is 2. The number of halogens is 1. The molecule has 0 bridgehead atoms. The number of aliphatic imine (C=N–C) groups is 1. The van der Waals surface area contributed by atoms with Crippen molar-refractivity contribution < 1.29 is 9.47 Å². The smallest absolute Gasteiger partial charge is 0.191 e. The SMILES string of the molecule is CN=C(NCC(c1ccc(OC)cc1)N1CCOCC1)NC1CCC(C)CC1.I. The predicted molar refractivity (Wildman–Crippen MR) is 129 cm³/mol. The zero-order valence-electron chi connectivity index (χ0n) is 18.0. The number of benzene rings is 1. The number of methoxy groups -OCH3 is 1. The maximum atomic E-state index is 5.56. The maximum Gasteiger partial charge on any atom is 0.191 e. The maximum absolute atomic E-state index is 5.56. The second-order valence-corrected chi connectivity index (χ2v) is 7.99. The fraction of sp³-hybridized carbons (Fsp3) is 0.682. The molecule has 3 rings (SSSR count). The second kappa shape index (κ2) is 12.6. The number of nitrogens with one attached hydrogen (secondary N) is 2. The average Bonchev–Trinajstić information content (AvgIpc) is 2.75. The van der Waals surface area contributed by atoms with Gasteiger partial charge in [0.05, 0.1) is 26.4 Å². The van der Waals surface area contributed by atoms with Crippen molar-refractivity contribution in [3.63, 3.8) is 0 Å². The molecule has 6 nitrogen and oxygen atoms in total. The third-order valence-corrected chi connectivity index (χ3v) is 6.03. The molecule has 0 amide bonds. The molecule has 29 heavy (non-hydrogen) atoms. The molecule has 1 aromatic rings. The third-order valence-electron chi connectivity index (χ3n) is 6.03. The van der Waals surface area contributed by atoms with Gasteiger partial charge in [-0.05, 0) is 49.3 Å². The summed E-state index contributed by atoms with van der Waals surface area (Å²) in [6.45, 7) is 6.65. The predicted octanol–water partition coefficient (Wildman–Crippen LogP) is 3.43. The van der Waals surface area contributed by atoms with E-state index < -0.39 is 0 Å². The first-order valence-electron chi connectivity index (χ1n) is 10.6. The van der Waals surface area contributed by atoms with Crippen LogP contribution in [0, 0.1) is 5.92 Å². The molecule has 2 N–H and O–H groups in total. The van der Waals surface area contributed by atoms with Gasteiger partial charge in [0.25, 0.3) is 0 Å². The van der Waals surface area contributed by atoms with Crippen LogP contribution in [-0.4, -0.2) is 63.9 Å². The van der Waals surface area contributed by atoms with Gasteiger partial charge in [-0.25, -0.2) is 0 Å². The van der Waals surface area contributed by atoms with Gasteiger partial charge in [0, 0.05) is 32.7 Å². The molecule has 0 radical (unpaired) electrons. The molecule has 0 aromatic heterocycles. The Hall–Kier alpha value is -1.06. The van der Waals surface area contributed by atoms with Crippen LogP contribution in [0.4, 0.5) is 0 Å². The van der Waals surface area contributed by atoms with Gasteiger partial charge in [-0.1, -0.05) is 19.1 Å². The van der Waals surface area contributed by atoms with Crippen molar-refractivity contribution in [3.05, 3.63) is 29.8 Å². The molecule has 2 aliphatic rings. The lowest BCUT2D eigenvalue weighted by molar-refractivity contribution is 0.0170. The Kier molecular flexibility index (Phi) is 10.5. The van der Waals surface area contributed by atoms with Crippen molar-refractivity contribution in [2.24, 2.45) is 10.9 Å². The number of guanidine groups is 1. The van der Waals surface area contributed by atoms with E-state index in [1.807, 2.05) is 19.2 Å². The Bertz CT molecular complexity index is 612. The minimum absolute atomic E-state index is 0. The van der Waals surface area contributed by atoms with Crippen LogP contribution < -0.4 is 15.4 Å². The molecule has 7 heteroatoms. The third kappa shape index (κ3) is 7.29. The summed E-state index contributed by atoms with van der Waals surface area (Å²) >= 11 is 0. The summed E-state index contributed by atoms with van der Waals surface area (Å²) in [5.74, 6) is 2.65. The van der Waals surface area contributed by atoms with Crippen molar-refractivity contribution in [2.75, 3.05) is 47.0 Å². The van der Waals surface area contributed by atoms with Crippen molar-refractivity contribution >= 4 is 29.9 Å². The number of rotatable bonds is 6. The van der Waals surface area contributed by atoms with E-state index in [9.17, 15) is 0 Å². The van der Waals surface area contributed by atoms with Gasteiger partial charge in [0.15, 0.2) is 5.96 Å². The summed E-state index contributed by atoms with van der Waals surface area (Å²) in [6, 6.07) is 9.22. The van der Waals surface area contributed by atoms with E-state index in [2.05, 4.69) is 39.6 Å². The van der Waals surface area contributed by atoms with Crippen LogP contribution in [0.2, 0.25) is 0 Å². The van der Waals surface area contributed by atoms with Gasteiger partial charge in [0.1, 0.15) is 5.75 Å². The standard InChI is InChI=1S/C22H36N4O2.HI/c1-17-4-8-19(9-5-17)25-22(23-2)24-16-21(26-12-14-28-15-13-26)18-6-10-20(27-3)11-7-18;/h6-7,10-11,17,19,21H,4-5,8-9,12-16H2,1-3H3,(H2,23,24,25);1H. The highest BCUT2D eigenvalue weighted by molar-refractivity contribution is 14.0. The van der Waals surface area contributed by atoms with E-state index in [1.54, 1.807) is 7.11 Å². The van der Waals surface area contributed by atoms with Crippen molar-refractivity contribution in [2.45, 2.75) is 44.7 Å². The van der Waals surface area contributed by atoms with Crippen molar-refractivity contribution in [1.82, 2.24) is 15.5 Å². The van der Waals surface area contributed by atoms with Gasteiger partial charge in [0.2, 0.25) is 0 Å². The Labute approximate surface area is 192 Å². The molecule has 164 valence electrons. The van der Waals surface area contributed by atoms with E-state index in [-0.39, 0.29) is 30.0 Å². The summed E-state index contributed by atoms with van der Waals surface area (Å²) in [5, 5.41) is 7.21. The fourth-order valence-corrected chi connectivity index (χ4v) is 4.16. The Morgan fingerprint density at radius 1 is 1.17 bits per heavy atom. The molecule has 1 saturated heterocycles. The minimum Gasteiger partial charge on any atom is -0.497 e. The highest BCUT2D eigenvalue weighted by Gasteiger charge is 2.24. The molecular formula is C22H37IN4O2. The Morgan fingerprint density at radius 2 is 1.83 bits per heavy atom. The Morgan fingerprint density at radius 3 is 2.41 bits per heavy atom. The van der Waals surface area contributed by atoms with Crippen LogP contribution in [0.1, 0.15) is 44.2 Å². The first-order valence-corrected chi connectivity index (χ1v) is 10.6. The lowest BCUT2D eigenvalue weighted by Gasteiger charge is -2.35. The lowest BCUT2D eigenvalue weighted by atomic mass is 9.87. The first-order chi connectivity index (χ1) is 13.7. The summed E-state index contributed by atoms with van der Waals surface area (Å²) in [5.41, 5.74) is 1.29. The number of nitrogens with zero attached hydrogens (tertiary/aromatic N) is 2. The van der Waals surface area contributed by atoms with Crippen molar-refractivity contribution in [1.29, 1.82) is 0 Å². The van der Waals surface area contributed by atoms with Crippen molar-refractivity contribution in [3.8, 4) is 5.75 Å². The van der Waals surface area contributed by atoms with Gasteiger partial charge >= 0.3 is 0 Å². The van der Waals surface area contributed by atoms with Crippen LogP contribution in [0.3, 0.4) is 0 Å². The summed E-state index contributed by atoms with van der Waals surface area (Å²) in [6.07, 6.45) is 5.06.